The number of hydrogen-bond acceptors (Lipinski definition) is 6. The summed E-state index contributed by atoms with van der Waals surface area (Å²) in [4.78, 5) is 0. The molecule has 0 heterocycles. The predicted octanol–water partition coefficient (Wildman–Crippen LogP) is 1.11. The number of phenols is 2. The number of nitrogens with one attached hydrogen (secondary N) is 1. The molecule has 7 N–H and O–H groups in total. The summed E-state index contributed by atoms with van der Waals surface area (Å²) in [7, 11) is 0. The van der Waals surface area contributed by atoms with Gasteiger partial charge in [-0.05, 0) is 30.3 Å². The van der Waals surface area contributed by atoms with E-state index >= 15 is 0 Å². The van der Waals surface area contributed by atoms with Gasteiger partial charge in [0, 0.05) is 35.1 Å². The van der Waals surface area contributed by atoms with Gasteiger partial charge in [-0.1, -0.05) is 0 Å². The quantitative estimate of drug-likeness (QED) is 0.459. The molecule has 0 spiro atoms. The third kappa shape index (κ3) is 3.56. The summed E-state index contributed by atoms with van der Waals surface area (Å²) < 4.78 is 0. The van der Waals surface area contributed by atoms with E-state index in [1.54, 1.807) is 24.3 Å². The molecule has 0 amide bonds. The third-order valence-corrected chi connectivity index (χ3v) is 3.05. The number of rotatable bonds is 5. The summed E-state index contributed by atoms with van der Waals surface area (Å²) in [6, 6.07) is 9.37. The fraction of sp³-hybridized carbons (Fsp3) is 0.200. The van der Waals surface area contributed by atoms with Gasteiger partial charge in [-0.15, -0.1) is 0 Å². The lowest BCUT2D eigenvalue weighted by atomic mass is 10.0. The highest BCUT2D eigenvalue weighted by atomic mass is 16.3. The largest absolute Gasteiger partial charge is 0.508 e. The molecule has 0 saturated carbocycles. The highest BCUT2D eigenvalue weighted by Crippen LogP contribution is 2.37. The second-order valence-corrected chi connectivity index (χ2v) is 4.72. The highest BCUT2D eigenvalue weighted by molar-refractivity contribution is 5.84. The number of nitrogens with two attached hydrogens (primary N) is 1. The summed E-state index contributed by atoms with van der Waals surface area (Å²) >= 11 is 0. The second kappa shape index (κ2) is 6.34. The number of phenolic OH excluding ortho intramolecular Hbond substituents is 2. The van der Waals surface area contributed by atoms with E-state index in [4.69, 9.17) is 10.8 Å². The fourth-order valence-electron chi connectivity index (χ4n) is 1.98. The Kier molecular flexibility index (Phi) is 4.52. The van der Waals surface area contributed by atoms with Crippen LogP contribution in [0.3, 0.4) is 0 Å². The molecule has 0 aliphatic heterocycles. The molecule has 6 nitrogen and oxygen atoms in total. The van der Waals surface area contributed by atoms with Crippen LogP contribution < -0.4 is 11.1 Å². The minimum absolute atomic E-state index is 0.0367. The van der Waals surface area contributed by atoms with Gasteiger partial charge in [0.2, 0.25) is 0 Å². The molecule has 1 atom stereocenters. The van der Waals surface area contributed by atoms with Gasteiger partial charge in [0.25, 0.3) is 0 Å². The van der Waals surface area contributed by atoms with E-state index in [-0.39, 0.29) is 24.7 Å². The Morgan fingerprint density at radius 2 is 1.81 bits per heavy atom. The summed E-state index contributed by atoms with van der Waals surface area (Å²) in [6.07, 6.45) is -0.885. The predicted molar refractivity (Wildman–Crippen MR) is 81.2 cm³/mol. The maximum atomic E-state index is 9.97. The third-order valence-electron chi connectivity index (χ3n) is 3.05. The average Bonchev–Trinajstić information content (AvgIpc) is 2.45. The number of nitrogen functional groups attached to an aromatic ring is 1. The van der Waals surface area contributed by atoms with E-state index in [1.165, 1.54) is 12.1 Å². The van der Waals surface area contributed by atoms with Gasteiger partial charge in [-0.3, -0.25) is 0 Å². The van der Waals surface area contributed by atoms with Crippen molar-refractivity contribution in [2.75, 3.05) is 24.2 Å². The Balaban J connectivity index is 2.39. The van der Waals surface area contributed by atoms with E-state index < -0.39 is 6.10 Å². The van der Waals surface area contributed by atoms with Crippen molar-refractivity contribution < 1.29 is 20.4 Å². The molecular formula is C15H18N2O4. The number of aliphatic hydroxyl groups excluding tert-OH is 2. The van der Waals surface area contributed by atoms with Crippen molar-refractivity contribution in [3.63, 3.8) is 0 Å². The first-order chi connectivity index (χ1) is 10.0. The van der Waals surface area contributed by atoms with Crippen LogP contribution in [0.25, 0.3) is 11.1 Å². The van der Waals surface area contributed by atoms with Crippen LogP contribution in [0.5, 0.6) is 11.5 Å². The first kappa shape index (κ1) is 15.0. The summed E-state index contributed by atoms with van der Waals surface area (Å²) in [5, 5.41) is 40.6. The molecule has 6 heteroatoms. The van der Waals surface area contributed by atoms with Crippen molar-refractivity contribution in [1.82, 2.24) is 0 Å². The Hall–Kier alpha value is -2.44. The van der Waals surface area contributed by atoms with E-state index in [9.17, 15) is 15.3 Å². The molecule has 21 heavy (non-hydrogen) atoms. The molecule has 2 aromatic carbocycles. The molecule has 112 valence electrons. The van der Waals surface area contributed by atoms with Crippen molar-refractivity contribution in [3.8, 4) is 22.6 Å². The summed E-state index contributed by atoms with van der Waals surface area (Å²) in [5.41, 5.74) is 8.09. The van der Waals surface area contributed by atoms with Crippen LogP contribution in [-0.4, -0.2) is 39.7 Å². The van der Waals surface area contributed by atoms with Crippen LogP contribution in [0.2, 0.25) is 0 Å². The van der Waals surface area contributed by atoms with Gasteiger partial charge in [0.1, 0.15) is 11.5 Å². The molecular weight excluding hydrogens is 272 g/mol. The lowest BCUT2D eigenvalue weighted by molar-refractivity contribution is 0.105. The van der Waals surface area contributed by atoms with Gasteiger partial charge < -0.3 is 31.5 Å². The average molecular weight is 290 g/mol. The Morgan fingerprint density at radius 3 is 2.48 bits per heavy atom. The fourth-order valence-corrected chi connectivity index (χ4v) is 1.98. The number of hydrogen-bond donors (Lipinski definition) is 6. The van der Waals surface area contributed by atoms with Crippen LogP contribution in [0, 0.1) is 0 Å². The first-order valence-electron chi connectivity index (χ1n) is 6.46. The van der Waals surface area contributed by atoms with Crippen molar-refractivity contribution >= 4 is 11.4 Å². The van der Waals surface area contributed by atoms with Crippen molar-refractivity contribution in [3.05, 3.63) is 36.4 Å². The van der Waals surface area contributed by atoms with Crippen molar-refractivity contribution in [2.24, 2.45) is 0 Å². The zero-order valence-electron chi connectivity index (χ0n) is 11.3. The highest BCUT2D eigenvalue weighted by Gasteiger charge is 2.12. The van der Waals surface area contributed by atoms with Crippen molar-refractivity contribution in [2.45, 2.75) is 6.10 Å². The zero-order chi connectivity index (χ0) is 15.4. The van der Waals surface area contributed by atoms with E-state index in [0.717, 1.165) is 0 Å². The molecule has 0 radical (unpaired) electrons. The van der Waals surface area contributed by atoms with E-state index in [2.05, 4.69) is 5.32 Å². The molecule has 2 aromatic rings. The minimum Gasteiger partial charge on any atom is -0.508 e. The maximum absolute atomic E-state index is 9.97. The monoisotopic (exact) mass is 290 g/mol. The Bertz CT molecular complexity index is 631. The van der Waals surface area contributed by atoms with Gasteiger partial charge in [-0.25, -0.2) is 0 Å². The number of anilines is 2. The normalized spacial score (nSPS) is 12.1. The maximum Gasteiger partial charge on any atom is 0.127 e. The number of benzene rings is 2. The van der Waals surface area contributed by atoms with Crippen LogP contribution in [0.4, 0.5) is 11.4 Å². The molecule has 0 saturated heterocycles. The standard InChI is InChI=1S/C15H18N2O4/c16-9-1-4-14(17-7-11(20)8-18)13(5-9)12-3-2-10(19)6-15(12)21/h1-6,11,17-21H,7-8,16H2. The summed E-state index contributed by atoms with van der Waals surface area (Å²) in [6.45, 7) is -0.186. The number of aromatic hydroxyl groups is 2. The molecule has 2 rings (SSSR count). The molecule has 1 unspecified atom stereocenters. The van der Waals surface area contributed by atoms with E-state index in [0.29, 0.717) is 22.5 Å². The zero-order valence-corrected chi connectivity index (χ0v) is 11.3. The molecule has 0 bridgehead atoms. The van der Waals surface area contributed by atoms with Crippen LogP contribution in [0.15, 0.2) is 36.4 Å². The Morgan fingerprint density at radius 1 is 1.05 bits per heavy atom. The smallest absolute Gasteiger partial charge is 0.127 e. The lowest BCUT2D eigenvalue weighted by Crippen LogP contribution is -2.23. The Labute approximate surface area is 122 Å². The molecule has 0 aromatic heterocycles. The van der Waals surface area contributed by atoms with Crippen LogP contribution in [0.1, 0.15) is 0 Å². The molecule has 0 fully saturated rings. The van der Waals surface area contributed by atoms with Gasteiger partial charge in [0.05, 0.1) is 12.7 Å². The van der Waals surface area contributed by atoms with Crippen LogP contribution >= 0.6 is 0 Å². The topological polar surface area (TPSA) is 119 Å². The van der Waals surface area contributed by atoms with Gasteiger partial charge >= 0.3 is 0 Å². The van der Waals surface area contributed by atoms with E-state index in [1.807, 2.05) is 0 Å². The SMILES string of the molecule is Nc1ccc(NCC(O)CO)c(-c2ccc(O)cc2O)c1. The summed E-state index contributed by atoms with van der Waals surface area (Å²) in [5.74, 6) is -0.114. The first-order valence-corrected chi connectivity index (χ1v) is 6.46. The van der Waals surface area contributed by atoms with Gasteiger partial charge in [0.15, 0.2) is 0 Å². The minimum atomic E-state index is -0.885. The lowest BCUT2D eigenvalue weighted by Gasteiger charge is -2.16. The second-order valence-electron chi connectivity index (χ2n) is 4.72. The van der Waals surface area contributed by atoms with Gasteiger partial charge in [-0.2, -0.15) is 0 Å². The van der Waals surface area contributed by atoms with Crippen molar-refractivity contribution in [1.29, 1.82) is 0 Å². The number of aliphatic hydroxyl groups is 2. The van der Waals surface area contributed by atoms with Crippen LogP contribution in [-0.2, 0) is 0 Å². The molecule has 0 aliphatic rings. The molecule has 0 aliphatic carbocycles.